The van der Waals surface area contributed by atoms with Crippen molar-refractivity contribution in [2.75, 3.05) is 32.7 Å². The van der Waals surface area contributed by atoms with Crippen LogP contribution < -0.4 is 0 Å². The number of ether oxygens (including phenoxy) is 2. The van der Waals surface area contributed by atoms with Crippen LogP contribution in [-0.4, -0.2) is 83.9 Å². The number of nitrogens with zero attached hydrogens (tertiary/aromatic N) is 6. The van der Waals surface area contributed by atoms with Crippen LogP contribution in [0.4, 0.5) is 4.79 Å². The molecule has 2 aliphatic heterocycles. The number of allylic oxidation sites excluding steroid dienone is 1. The predicted molar refractivity (Wildman–Crippen MR) is 146 cm³/mol. The monoisotopic (exact) mass is 562 g/mol. The van der Waals surface area contributed by atoms with Crippen molar-refractivity contribution in [3.8, 4) is 0 Å². The molecule has 0 unspecified atom stereocenters. The number of rotatable bonds is 10. The molecule has 2 aliphatic rings. The zero-order valence-electron chi connectivity index (χ0n) is 23.2. The van der Waals surface area contributed by atoms with Gasteiger partial charge in [-0.25, -0.2) is 4.79 Å². The molecule has 1 amide bonds. The molecule has 3 rings (SSSR count). The molecular formula is C26H38N6O6S. The average molecular weight is 563 g/mol. The minimum Gasteiger partial charge on any atom is -0.457 e. The minimum atomic E-state index is -4.09. The highest BCUT2D eigenvalue weighted by molar-refractivity contribution is 7.86. The van der Waals surface area contributed by atoms with Crippen molar-refractivity contribution in [1.29, 1.82) is 0 Å². The fourth-order valence-corrected chi connectivity index (χ4v) is 6.76. The first-order valence-electron chi connectivity index (χ1n) is 13.0. The Kier molecular flexibility index (Phi) is 9.32. The van der Waals surface area contributed by atoms with E-state index in [1.807, 2.05) is 30.3 Å². The van der Waals surface area contributed by atoms with Gasteiger partial charge in [0, 0.05) is 37.6 Å². The molecule has 3 atom stereocenters. The number of amides is 1. The van der Waals surface area contributed by atoms with Crippen molar-refractivity contribution < 1.29 is 27.5 Å². The Hall–Kier alpha value is -3.12. The topological polar surface area (TPSA) is 145 Å². The summed E-state index contributed by atoms with van der Waals surface area (Å²) < 4.78 is 41.2. The molecule has 0 aliphatic carbocycles. The zero-order valence-corrected chi connectivity index (χ0v) is 24.0. The summed E-state index contributed by atoms with van der Waals surface area (Å²) in [6, 6.07) is 8.64. The molecule has 1 aromatic rings. The summed E-state index contributed by atoms with van der Waals surface area (Å²) in [5.41, 5.74) is 7.74. The van der Waals surface area contributed by atoms with Gasteiger partial charge in [0.1, 0.15) is 11.7 Å². The number of hydrogen-bond donors (Lipinski definition) is 0. The van der Waals surface area contributed by atoms with E-state index >= 15 is 0 Å². The Bertz CT molecular complexity index is 1210. The van der Waals surface area contributed by atoms with E-state index in [9.17, 15) is 23.5 Å². The Labute approximate surface area is 230 Å². The van der Waals surface area contributed by atoms with Crippen LogP contribution in [0.5, 0.6) is 0 Å². The van der Waals surface area contributed by atoms with Gasteiger partial charge in [-0.15, -0.1) is 6.58 Å². The summed E-state index contributed by atoms with van der Waals surface area (Å²) in [4.78, 5) is 30.3. The number of benzene rings is 1. The van der Waals surface area contributed by atoms with Crippen LogP contribution in [0.15, 0.2) is 48.1 Å². The van der Waals surface area contributed by atoms with Gasteiger partial charge in [0.2, 0.25) is 0 Å². The third-order valence-corrected chi connectivity index (χ3v) is 9.03. The van der Waals surface area contributed by atoms with Gasteiger partial charge in [-0.1, -0.05) is 48.4 Å². The summed E-state index contributed by atoms with van der Waals surface area (Å²) in [5.74, 6) is -1.46. The van der Waals surface area contributed by atoms with E-state index in [2.05, 4.69) is 16.6 Å². The number of hydrogen-bond acceptors (Lipinski definition) is 7. The van der Waals surface area contributed by atoms with Crippen LogP contribution in [0, 0.1) is 5.92 Å². The standard InChI is InChI=1S/C26H38N6O6S/c1-7-12-21-15-31(18-26(21,28-29-27)23(33)37-19(3)20-13-10-9-11-14-20)39(35,36)32(8-2)22-16-30(17-22)24(34)38-25(4,5)6/h7,9-11,13-14,19,21-22H,1,8,12,15-18H2,2-6H3/t19-,21+,26+/m1/s1. The molecule has 0 bridgehead atoms. The lowest BCUT2D eigenvalue weighted by molar-refractivity contribution is -0.156. The van der Waals surface area contributed by atoms with E-state index in [1.165, 1.54) is 13.5 Å². The molecule has 2 saturated heterocycles. The highest BCUT2D eigenvalue weighted by Gasteiger charge is 2.57. The molecule has 0 spiro atoms. The van der Waals surface area contributed by atoms with Crippen LogP contribution in [-0.2, 0) is 24.5 Å². The first kappa shape index (κ1) is 30.4. The molecule has 0 saturated carbocycles. The van der Waals surface area contributed by atoms with Crippen molar-refractivity contribution in [2.24, 2.45) is 11.0 Å². The molecule has 12 nitrogen and oxygen atoms in total. The van der Waals surface area contributed by atoms with E-state index in [4.69, 9.17) is 9.47 Å². The fourth-order valence-electron chi connectivity index (χ4n) is 4.90. The number of carbonyl (C=O) groups excluding carboxylic acids is 2. The molecule has 39 heavy (non-hydrogen) atoms. The first-order valence-corrected chi connectivity index (χ1v) is 14.4. The maximum atomic E-state index is 13.8. The lowest BCUT2D eigenvalue weighted by atomic mass is 9.85. The Balaban J connectivity index is 1.82. The molecular weight excluding hydrogens is 524 g/mol. The van der Waals surface area contributed by atoms with Gasteiger partial charge in [-0.05, 0) is 51.1 Å². The molecule has 214 valence electrons. The zero-order chi connectivity index (χ0) is 29.0. The van der Waals surface area contributed by atoms with Crippen molar-refractivity contribution >= 4 is 22.3 Å². The molecule has 2 fully saturated rings. The van der Waals surface area contributed by atoms with Crippen LogP contribution in [0.1, 0.15) is 52.7 Å². The maximum Gasteiger partial charge on any atom is 0.410 e. The highest BCUT2D eigenvalue weighted by atomic mass is 32.2. The summed E-state index contributed by atoms with van der Waals surface area (Å²) in [7, 11) is -4.09. The van der Waals surface area contributed by atoms with Crippen LogP contribution >= 0.6 is 0 Å². The number of esters is 1. The van der Waals surface area contributed by atoms with Gasteiger partial charge in [-0.3, -0.25) is 4.79 Å². The van der Waals surface area contributed by atoms with E-state index in [0.717, 1.165) is 5.56 Å². The second-order valence-electron chi connectivity index (χ2n) is 10.8. The van der Waals surface area contributed by atoms with Gasteiger partial charge in [0.15, 0.2) is 5.54 Å². The first-order chi connectivity index (χ1) is 18.3. The second-order valence-corrected chi connectivity index (χ2v) is 12.7. The second kappa shape index (κ2) is 12.0. The summed E-state index contributed by atoms with van der Waals surface area (Å²) in [5, 5.41) is 3.86. The Morgan fingerprint density at radius 2 is 1.92 bits per heavy atom. The Morgan fingerprint density at radius 1 is 1.28 bits per heavy atom. The fraction of sp³-hybridized carbons (Fsp3) is 0.615. The van der Waals surface area contributed by atoms with Gasteiger partial charge < -0.3 is 14.4 Å². The van der Waals surface area contributed by atoms with E-state index in [0.29, 0.717) is 0 Å². The molecule has 0 radical (unpaired) electrons. The van der Waals surface area contributed by atoms with Gasteiger partial charge in [0.05, 0.1) is 6.04 Å². The highest BCUT2D eigenvalue weighted by Crippen LogP contribution is 2.39. The molecule has 0 N–H and O–H groups in total. The minimum absolute atomic E-state index is 0.0544. The van der Waals surface area contributed by atoms with Gasteiger partial charge in [0.25, 0.3) is 10.2 Å². The van der Waals surface area contributed by atoms with Crippen LogP contribution in [0.2, 0.25) is 0 Å². The number of likely N-dealkylation sites (tertiary alicyclic amines) is 1. The summed E-state index contributed by atoms with van der Waals surface area (Å²) in [6.45, 7) is 12.6. The number of carbonyl (C=O) groups is 2. The van der Waals surface area contributed by atoms with Crippen molar-refractivity contribution in [1.82, 2.24) is 13.5 Å². The third-order valence-electron chi connectivity index (χ3n) is 6.95. The molecule has 2 heterocycles. The molecule has 1 aromatic carbocycles. The van der Waals surface area contributed by atoms with Crippen molar-refractivity contribution in [2.45, 2.75) is 64.3 Å². The summed E-state index contributed by atoms with van der Waals surface area (Å²) >= 11 is 0. The Morgan fingerprint density at radius 3 is 2.46 bits per heavy atom. The van der Waals surface area contributed by atoms with Crippen LogP contribution in [0.25, 0.3) is 10.4 Å². The van der Waals surface area contributed by atoms with Gasteiger partial charge >= 0.3 is 12.1 Å². The summed E-state index contributed by atoms with van der Waals surface area (Å²) in [6.07, 6.45) is 0.665. The largest absolute Gasteiger partial charge is 0.457 e. The van der Waals surface area contributed by atoms with E-state index in [-0.39, 0.29) is 39.1 Å². The molecule has 13 heteroatoms. The normalized spacial score (nSPS) is 23.0. The van der Waals surface area contributed by atoms with Crippen molar-refractivity contribution in [3.63, 3.8) is 0 Å². The maximum absolute atomic E-state index is 13.8. The van der Waals surface area contributed by atoms with E-state index < -0.39 is 51.5 Å². The third kappa shape index (κ3) is 6.55. The smallest absolute Gasteiger partial charge is 0.410 e. The lowest BCUT2D eigenvalue weighted by Crippen LogP contribution is -2.64. The number of likely N-dealkylation sites (N-methyl/N-ethyl adjacent to an activating group) is 1. The van der Waals surface area contributed by atoms with E-state index in [1.54, 1.807) is 40.7 Å². The quantitative estimate of drug-likeness (QED) is 0.138. The molecule has 0 aromatic heterocycles. The van der Waals surface area contributed by atoms with Crippen LogP contribution in [0.3, 0.4) is 0 Å². The van der Waals surface area contributed by atoms with Gasteiger partial charge in [-0.2, -0.15) is 17.0 Å². The predicted octanol–water partition coefficient (Wildman–Crippen LogP) is 4.03. The lowest BCUT2D eigenvalue weighted by Gasteiger charge is -2.45. The SMILES string of the molecule is C=CC[C@H]1CN(S(=O)(=O)N(CC)C2CN(C(=O)OC(C)(C)C)C2)C[C@@]1(N=[N+]=[N-])C(=O)O[C@H](C)c1ccccc1. The average Bonchev–Trinajstić information content (AvgIpc) is 3.20. The number of azide groups is 1. The van der Waals surface area contributed by atoms with Crippen molar-refractivity contribution in [3.05, 3.63) is 59.0 Å².